The predicted octanol–water partition coefficient (Wildman–Crippen LogP) is 3.76. The van der Waals surface area contributed by atoms with Crippen LogP contribution in [0.4, 0.5) is 4.39 Å². The summed E-state index contributed by atoms with van der Waals surface area (Å²) in [6.45, 7) is 4.08. The van der Waals surface area contributed by atoms with Crippen LogP contribution in [-0.4, -0.2) is 0 Å². The third kappa shape index (κ3) is 3.03. The van der Waals surface area contributed by atoms with Gasteiger partial charge in [0.15, 0.2) is 0 Å². The Balaban J connectivity index is 2.52. The summed E-state index contributed by atoms with van der Waals surface area (Å²) in [5.41, 5.74) is 7.13. The largest absolute Gasteiger partial charge is 0.271 e. The molecule has 19 heavy (non-hydrogen) atoms. The third-order valence-corrected chi connectivity index (χ3v) is 3.87. The molecule has 0 spiro atoms. The van der Waals surface area contributed by atoms with E-state index in [-0.39, 0.29) is 11.9 Å². The highest BCUT2D eigenvalue weighted by Crippen LogP contribution is 2.30. The lowest BCUT2D eigenvalue weighted by Gasteiger charge is -2.21. The number of rotatable bonds is 3. The van der Waals surface area contributed by atoms with E-state index in [9.17, 15) is 4.39 Å². The van der Waals surface area contributed by atoms with Gasteiger partial charge in [-0.05, 0) is 42.7 Å². The highest BCUT2D eigenvalue weighted by Gasteiger charge is 2.17. The molecule has 0 amide bonds. The number of hydrogen-bond acceptors (Lipinski definition) is 2. The molecule has 2 nitrogen and oxygen atoms in total. The number of hydrazine groups is 1. The van der Waals surface area contributed by atoms with Gasteiger partial charge in [-0.15, -0.1) is 0 Å². The number of benzene rings is 2. The third-order valence-electron chi connectivity index (χ3n) is 3.19. The molecule has 2 rings (SSSR count). The molecule has 0 aromatic heterocycles. The lowest BCUT2D eigenvalue weighted by Crippen LogP contribution is -2.29. The summed E-state index contributed by atoms with van der Waals surface area (Å²) >= 11 is 3.39. The number of nitrogens with two attached hydrogens (primary N) is 1. The smallest absolute Gasteiger partial charge is 0.124 e. The quantitative estimate of drug-likeness (QED) is 0.667. The molecule has 0 aliphatic rings. The van der Waals surface area contributed by atoms with E-state index in [1.54, 1.807) is 6.07 Å². The van der Waals surface area contributed by atoms with Crippen molar-refractivity contribution in [2.45, 2.75) is 19.9 Å². The van der Waals surface area contributed by atoms with Gasteiger partial charge < -0.3 is 0 Å². The summed E-state index contributed by atoms with van der Waals surface area (Å²) in [5.74, 6) is 5.43. The van der Waals surface area contributed by atoms with Crippen LogP contribution in [0.5, 0.6) is 0 Å². The molecule has 0 fully saturated rings. The number of hydrogen-bond donors (Lipinski definition) is 2. The Morgan fingerprint density at radius 3 is 2.47 bits per heavy atom. The van der Waals surface area contributed by atoms with Crippen molar-refractivity contribution in [3.05, 3.63) is 68.9 Å². The van der Waals surface area contributed by atoms with Crippen LogP contribution in [0, 0.1) is 19.7 Å². The van der Waals surface area contributed by atoms with Crippen LogP contribution in [-0.2, 0) is 0 Å². The molecule has 3 N–H and O–H groups in total. The summed E-state index contributed by atoms with van der Waals surface area (Å²) in [5, 5.41) is 0. The standard InChI is InChI=1S/C15H16BrFN2/c1-9-3-4-10(2)13(7-9)15(19-18)12-6-5-11(17)8-14(12)16/h3-8,15,19H,18H2,1-2H3. The van der Waals surface area contributed by atoms with E-state index in [2.05, 4.69) is 39.6 Å². The van der Waals surface area contributed by atoms with Crippen molar-refractivity contribution in [1.29, 1.82) is 0 Å². The van der Waals surface area contributed by atoms with Crippen LogP contribution < -0.4 is 11.3 Å². The summed E-state index contributed by atoms with van der Waals surface area (Å²) in [7, 11) is 0. The van der Waals surface area contributed by atoms with Gasteiger partial charge in [0.1, 0.15) is 5.82 Å². The van der Waals surface area contributed by atoms with Gasteiger partial charge >= 0.3 is 0 Å². The molecular weight excluding hydrogens is 307 g/mol. The number of halogens is 2. The number of aryl methyl sites for hydroxylation is 2. The maximum atomic E-state index is 13.2. The second-order valence-electron chi connectivity index (χ2n) is 4.63. The summed E-state index contributed by atoms with van der Waals surface area (Å²) in [4.78, 5) is 0. The highest BCUT2D eigenvalue weighted by atomic mass is 79.9. The van der Waals surface area contributed by atoms with Gasteiger partial charge in [-0.2, -0.15) is 0 Å². The van der Waals surface area contributed by atoms with Crippen molar-refractivity contribution in [3.63, 3.8) is 0 Å². The van der Waals surface area contributed by atoms with E-state index in [0.29, 0.717) is 4.47 Å². The molecule has 4 heteroatoms. The molecule has 1 atom stereocenters. The molecule has 100 valence electrons. The van der Waals surface area contributed by atoms with Crippen molar-refractivity contribution in [2.24, 2.45) is 5.84 Å². The summed E-state index contributed by atoms with van der Waals surface area (Å²) < 4.78 is 13.9. The van der Waals surface area contributed by atoms with Crippen LogP contribution in [0.1, 0.15) is 28.3 Å². The molecule has 0 saturated carbocycles. The zero-order valence-electron chi connectivity index (χ0n) is 10.9. The number of nitrogens with one attached hydrogen (secondary N) is 1. The topological polar surface area (TPSA) is 38.0 Å². The average Bonchev–Trinajstić information content (AvgIpc) is 2.36. The molecular formula is C15H16BrFN2. The molecule has 0 aliphatic carbocycles. The van der Waals surface area contributed by atoms with E-state index in [0.717, 1.165) is 16.7 Å². The van der Waals surface area contributed by atoms with Crippen molar-refractivity contribution < 1.29 is 4.39 Å². The Kier molecular flexibility index (Phi) is 4.34. The molecule has 0 aliphatic heterocycles. The molecule has 2 aromatic rings. The Morgan fingerprint density at radius 1 is 1.11 bits per heavy atom. The second kappa shape index (κ2) is 5.82. The molecule has 2 aromatic carbocycles. The van der Waals surface area contributed by atoms with E-state index < -0.39 is 0 Å². The first-order valence-electron chi connectivity index (χ1n) is 6.01. The predicted molar refractivity (Wildman–Crippen MR) is 79.2 cm³/mol. The fraction of sp³-hybridized carbons (Fsp3) is 0.200. The van der Waals surface area contributed by atoms with Crippen LogP contribution in [0.25, 0.3) is 0 Å². The van der Waals surface area contributed by atoms with Gasteiger partial charge in [0.2, 0.25) is 0 Å². The minimum absolute atomic E-state index is 0.171. The summed E-state index contributed by atoms with van der Waals surface area (Å²) in [6, 6.07) is 10.7. The van der Waals surface area contributed by atoms with Crippen molar-refractivity contribution in [2.75, 3.05) is 0 Å². The van der Waals surface area contributed by atoms with Crippen LogP contribution in [0.3, 0.4) is 0 Å². The minimum Gasteiger partial charge on any atom is -0.271 e. The minimum atomic E-state index is -0.271. The van der Waals surface area contributed by atoms with Crippen LogP contribution in [0.15, 0.2) is 40.9 Å². The molecule has 1 unspecified atom stereocenters. The van der Waals surface area contributed by atoms with Crippen molar-refractivity contribution in [1.82, 2.24) is 5.43 Å². The van der Waals surface area contributed by atoms with Crippen LogP contribution >= 0.6 is 15.9 Å². The molecule has 0 bridgehead atoms. The monoisotopic (exact) mass is 322 g/mol. The first-order valence-corrected chi connectivity index (χ1v) is 6.80. The maximum Gasteiger partial charge on any atom is 0.124 e. The first-order chi connectivity index (χ1) is 9.02. The summed E-state index contributed by atoms with van der Waals surface area (Å²) in [6.07, 6.45) is 0. The normalized spacial score (nSPS) is 12.5. The Bertz CT molecular complexity index is 599. The Morgan fingerprint density at radius 2 is 1.84 bits per heavy atom. The van der Waals surface area contributed by atoms with Crippen molar-refractivity contribution in [3.8, 4) is 0 Å². The Labute approximate surface area is 120 Å². The average molecular weight is 323 g/mol. The van der Waals surface area contributed by atoms with Gasteiger partial charge in [-0.1, -0.05) is 45.8 Å². The fourth-order valence-corrected chi connectivity index (χ4v) is 2.73. The molecule has 0 saturated heterocycles. The lowest BCUT2D eigenvalue weighted by molar-refractivity contribution is 0.611. The van der Waals surface area contributed by atoms with Crippen LogP contribution in [0.2, 0.25) is 0 Å². The second-order valence-corrected chi connectivity index (χ2v) is 5.48. The zero-order valence-corrected chi connectivity index (χ0v) is 12.5. The zero-order chi connectivity index (χ0) is 14.0. The SMILES string of the molecule is Cc1ccc(C)c(C(NN)c2ccc(F)cc2Br)c1. The lowest BCUT2D eigenvalue weighted by atomic mass is 9.94. The van der Waals surface area contributed by atoms with Crippen molar-refractivity contribution >= 4 is 15.9 Å². The van der Waals surface area contributed by atoms with E-state index in [1.165, 1.54) is 17.7 Å². The van der Waals surface area contributed by atoms with E-state index in [4.69, 9.17) is 5.84 Å². The first kappa shape index (κ1) is 14.2. The maximum absolute atomic E-state index is 13.2. The molecule has 0 radical (unpaired) electrons. The van der Waals surface area contributed by atoms with Gasteiger partial charge in [0.05, 0.1) is 6.04 Å². The van der Waals surface area contributed by atoms with E-state index in [1.807, 2.05) is 13.8 Å². The van der Waals surface area contributed by atoms with E-state index >= 15 is 0 Å². The van der Waals surface area contributed by atoms with Gasteiger partial charge in [-0.3, -0.25) is 5.84 Å². The van der Waals surface area contributed by atoms with Gasteiger partial charge in [-0.25, -0.2) is 9.82 Å². The Hall–Kier alpha value is -1.23. The van der Waals surface area contributed by atoms with Gasteiger partial charge in [0.25, 0.3) is 0 Å². The van der Waals surface area contributed by atoms with Gasteiger partial charge in [0, 0.05) is 4.47 Å². The fourth-order valence-electron chi connectivity index (χ4n) is 2.15. The molecule has 0 heterocycles. The highest BCUT2D eigenvalue weighted by molar-refractivity contribution is 9.10.